The largest absolute Gasteiger partial charge is 0.492 e. The summed E-state index contributed by atoms with van der Waals surface area (Å²) >= 11 is 0. The Kier molecular flexibility index (Phi) is 4.96. The number of carbonyl (C=O) groups is 2. The van der Waals surface area contributed by atoms with Crippen LogP contribution >= 0.6 is 0 Å². The molecule has 1 spiro atoms. The van der Waals surface area contributed by atoms with Crippen LogP contribution in [0.15, 0.2) is 36.7 Å². The number of rotatable bonds is 3. The Labute approximate surface area is 208 Å². The molecule has 3 N–H and O–H groups in total. The van der Waals surface area contributed by atoms with E-state index in [4.69, 9.17) is 4.74 Å². The Morgan fingerprint density at radius 1 is 1.19 bits per heavy atom. The number of likely N-dealkylation sites (tertiary alicyclic amines) is 1. The predicted octanol–water partition coefficient (Wildman–Crippen LogP) is 2.10. The molecule has 0 bridgehead atoms. The van der Waals surface area contributed by atoms with Crippen LogP contribution in [0.4, 0.5) is 0 Å². The molecule has 7 rings (SSSR count). The summed E-state index contributed by atoms with van der Waals surface area (Å²) in [7, 11) is 0. The lowest BCUT2D eigenvalue weighted by Crippen LogP contribution is -2.51. The average Bonchev–Trinajstić information content (AvgIpc) is 3.57. The van der Waals surface area contributed by atoms with Crippen molar-refractivity contribution < 1.29 is 19.4 Å². The molecule has 9 heteroatoms. The number of aromatic nitrogens is 2. The first kappa shape index (κ1) is 22.0. The van der Waals surface area contributed by atoms with Crippen LogP contribution in [0, 0.1) is 0 Å². The molecule has 4 aliphatic heterocycles. The molecule has 9 nitrogen and oxygen atoms in total. The number of piperidine rings is 2. The van der Waals surface area contributed by atoms with Gasteiger partial charge in [-0.25, -0.2) is 4.98 Å². The Morgan fingerprint density at radius 3 is 2.89 bits per heavy atom. The molecule has 0 radical (unpaired) electrons. The minimum absolute atomic E-state index is 0.0216. The molecular formula is C27H29N5O4. The molecule has 2 fully saturated rings. The standard InChI is InChI=1S/C27H29N5O4/c33-23-5-4-21(25(34)30-23)32-13-17-10-19-22(11-18(17)26(32)35)36-14-27(19)6-8-31(9-7-27)12-16-2-1-3-20-24(16)29-15-28-20/h1-3,10-11,15,21,26,35H,4-9,12-14H2,(H,28,29)(H,30,33,34). The SMILES string of the molecule is O=C1CCC(N2Cc3cc4c(cc3C2O)OCC42CCN(Cc3cccc4[nH]cnc34)CC2)C(=O)N1. The highest BCUT2D eigenvalue weighted by molar-refractivity contribution is 6.00. The van der Waals surface area contributed by atoms with Gasteiger partial charge < -0.3 is 14.8 Å². The smallest absolute Gasteiger partial charge is 0.244 e. The molecule has 2 saturated heterocycles. The average molecular weight is 488 g/mol. The number of amides is 2. The second-order valence-electron chi connectivity index (χ2n) is 10.6. The maximum atomic E-state index is 12.4. The number of benzene rings is 2. The number of imidazole rings is 1. The van der Waals surface area contributed by atoms with E-state index in [1.165, 1.54) is 11.1 Å². The highest BCUT2D eigenvalue weighted by atomic mass is 16.5. The van der Waals surface area contributed by atoms with Gasteiger partial charge in [-0.05, 0) is 61.7 Å². The van der Waals surface area contributed by atoms with Crippen molar-refractivity contribution in [1.82, 2.24) is 25.1 Å². The van der Waals surface area contributed by atoms with E-state index in [9.17, 15) is 14.7 Å². The molecule has 36 heavy (non-hydrogen) atoms. The van der Waals surface area contributed by atoms with Gasteiger partial charge in [0.2, 0.25) is 11.8 Å². The fourth-order valence-electron chi connectivity index (χ4n) is 6.53. The number of nitrogens with one attached hydrogen (secondary N) is 2. The van der Waals surface area contributed by atoms with Crippen molar-refractivity contribution in [3.8, 4) is 5.75 Å². The van der Waals surface area contributed by atoms with E-state index >= 15 is 0 Å². The minimum atomic E-state index is -0.874. The van der Waals surface area contributed by atoms with E-state index in [0.717, 1.165) is 60.4 Å². The van der Waals surface area contributed by atoms with Crippen molar-refractivity contribution in [1.29, 1.82) is 0 Å². The maximum absolute atomic E-state index is 12.4. The maximum Gasteiger partial charge on any atom is 0.244 e. The molecule has 2 aromatic carbocycles. The number of H-pyrrole nitrogens is 1. The first-order valence-electron chi connectivity index (χ1n) is 12.7. The summed E-state index contributed by atoms with van der Waals surface area (Å²) in [6.45, 7) is 3.99. The van der Waals surface area contributed by atoms with Gasteiger partial charge in [-0.2, -0.15) is 0 Å². The second-order valence-corrected chi connectivity index (χ2v) is 10.6. The van der Waals surface area contributed by atoms with Crippen LogP contribution in [0.2, 0.25) is 0 Å². The molecule has 1 aromatic heterocycles. The summed E-state index contributed by atoms with van der Waals surface area (Å²) < 4.78 is 6.20. The Balaban J connectivity index is 1.09. The number of imide groups is 1. The molecule has 4 aliphatic rings. The third-order valence-corrected chi connectivity index (χ3v) is 8.61. The summed E-state index contributed by atoms with van der Waals surface area (Å²) in [6, 6.07) is 9.96. The number of hydrogen-bond donors (Lipinski definition) is 3. The normalized spacial score (nSPS) is 25.7. The molecule has 3 aromatic rings. The van der Waals surface area contributed by atoms with E-state index in [2.05, 4.69) is 44.5 Å². The van der Waals surface area contributed by atoms with Gasteiger partial charge in [-0.3, -0.25) is 24.7 Å². The van der Waals surface area contributed by atoms with E-state index in [1.807, 2.05) is 6.07 Å². The molecule has 2 amide bonds. The van der Waals surface area contributed by atoms with Crippen molar-refractivity contribution in [2.45, 2.75) is 56.5 Å². The number of aliphatic hydroxyl groups excluding tert-OH is 1. The summed E-state index contributed by atoms with van der Waals surface area (Å²) in [5.74, 6) is 0.285. The summed E-state index contributed by atoms with van der Waals surface area (Å²) in [5.41, 5.74) is 6.42. The zero-order chi connectivity index (χ0) is 24.4. The van der Waals surface area contributed by atoms with E-state index in [1.54, 1.807) is 11.2 Å². The number of aromatic amines is 1. The number of fused-ring (bicyclic) bond motifs is 4. The highest BCUT2D eigenvalue weighted by Gasteiger charge is 2.46. The van der Waals surface area contributed by atoms with Crippen molar-refractivity contribution in [2.24, 2.45) is 0 Å². The third-order valence-electron chi connectivity index (χ3n) is 8.61. The van der Waals surface area contributed by atoms with Crippen LogP contribution in [-0.4, -0.2) is 62.4 Å². The van der Waals surface area contributed by atoms with Gasteiger partial charge in [0.1, 0.15) is 12.0 Å². The van der Waals surface area contributed by atoms with Crippen LogP contribution in [0.5, 0.6) is 5.75 Å². The zero-order valence-corrected chi connectivity index (χ0v) is 20.0. The van der Waals surface area contributed by atoms with Gasteiger partial charge in [0, 0.05) is 36.1 Å². The molecule has 2 unspecified atom stereocenters. The van der Waals surface area contributed by atoms with Gasteiger partial charge in [0.15, 0.2) is 0 Å². The van der Waals surface area contributed by atoms with Crippen molar-refractivity contribution in [3.63, 3.8) is 0 Å². The van der Waals surface area contributed by atoms with Crippen molar-refractivity contribution in [2.75, 3.05) is 19.7 Å². The zero-order valence-electron chi connectivity index (χ0n) is 20.0. The summed E-state index contributed by atoms with van der Waals surface area (Å²) in [5, 5.41) is 13.4. The van der Waals surface area contributed by atoms with Gasteiger partial charge in [-0.1, -0.05) is 12.1 Å². The molecule has 0 aliphatic carbocycles. The monoisotopic (exact) mass is 487 g/mol. The van der Waals surface area contributed by atoms with Crippen LogP contribution in [0.25, 0.3) is 11.0 Å². The quantitative estimate of drug-likeness (QED) is 0.485. The van der Waals surface area contributed by atoms with E-state index in [-0.39, 0.29) is 17.2 Å². The van der Waals surface area contributed by atoms with Crippen molar-refractivity contribution in [3.05, 3.63) is 58.9 Å². The van der Waals surface area contributed by atoms with Gasteiger partial charge in [0.25, 0.3) is 0 Å². The van der Waals surface area contributed by atoms with Gasteiger partial charge >= 0.3 is 0 Å². The lowest BCUT2D eigenvalue weighted by molar-refractivity contribution is -0.141. The number of para-hydroxylation sites is 1. The lowest BCUT2D eigenvalue weighted by Gasteiger charge is -2.38. The fraction of sp³-hybridized carbons (Fsp3) is 0.444. The Bertz CT molecular complexity index is 1380. The molecule has 0 saturated carbocycles. The lowest BCUT2D eigenvalue weighted by atomic mass is 9.73. The van der Waals surface area contributed by atoms with Crippen LogP contribution in [0.3, 0.4) is 0 Å². The van der Waals surface area contributed by atoms with E-state index < -0.39 is 12.3 Å². The van der Waals surface area contributed by atoms with Crippen LogP contribution in [0.1, 0.15) is 54.2 Å². The van der Waals surface area contributed by atoms with Crippen LogP contribution < -0.4 is 10.1 Å². The Hall–Kier alpha value is -3.27. The molecule has 5 heterocycles. The third kappa shape index (κ3) is 3.37. The first-order chi connectivity index (χ1) is 17.5. The van der Waals surface area contributed by atoms with Gasteiger partial charge in [-0.15, -0.1) is 0 Å². The number of carbonyl (C=O) groups excluding carboxylic acids is 2. The van der Waals surface area contributed by atoms with Crippen LogP contribution in [-0.2, 0) is 28.1 Å². The highest BCUT2D eigenvalue weighted by Crippen LogP contribution is 2.49. The summed E-state index contributed by atoms with van der Waals surface area (Å²) in [6.07, 6.45) is 3.62. The fourth-order valence-corrected chi connectivity index (χ4v) is 6.53. The van der Waals surface area contributed by atoms with Crippen molar-refractivity contribution >= 4 is 22.8 Å². The number of aliphatic hydroxyl groups is 1. The minimum Gasteiger partial charge on any atom is -0.492 e. The molecular weight excluding hydrogens is 458 g/mol. The van der Waals surface area contributed by atoms with Gasteiger partial charge in [0.05, 0.1) is 30.0 Å². The van der Waals surface area contributed by atoms with E-state index in [0.29, 0.717) is 26.0 Å². The second kappa shape index (κ2) is 8.12. The molecule has 186 valence electrons. The predicted molar refractivity (Wildman–Crippen MR) is 131 cm³/mol. The summed E-state index contributed by atoms with van der Waals surface area (Å²) in [4.78, 5) is 36.0. The topological polar surface area (TPSA) is 111 Å². The Morgan fingerprint density at radius 2 is 2.06 bits per heavy atom. The molecule has 2 atom stereocenters. The first-order valence-corrected chi connectivity index (χ1v) is 12.7. The number of hydrogen-bond acceptors (Lipinski definition) is 7. The number of nitrogens with zero attached hydrogens (tertiary/aromatic N) is 3. The number of ether oxygens (including phenoxy) is 1.